The highest BCUT2D eigenvalue weighted by Crippen LogP contribution is 2.33. The molecular formula is C17H25Cl2N3O2S. The van der Waals surface area contributed by atoms with E-state index in [2.05, 4.69) is 10.7 Å². The van der Waals surface area contributed by atoms with Gasteiger partial charge in [0.15, 0.2) is 0 Å². The summed E-state index contributed by atoms with van der Waals surface area (Å²) in [5.41, 5.74) is 7.24. The summed E-state index contributed by atoms with van der Waals surface area (Å²) in [4.78, 5) is 16.7. The van der Waals surface area contributed by atoms with Gasteiger partial charge in [0, 0.05) is 24.3 Å². The molecule has 2 aromatic rings. The Balaban J connectivity index is 0.00000156. The third-order valence-electron chi connectivity index (χ3n) is 4.33. The van der Waals surface area contributed by atoms with Gasteiger partial charge in [-0.25, -0.2) is 4.98 Å². The van der Waals surface area contributed by atoms with Crippen molar-refractivity contribution in [1.29, 1.82) is 0 Å². The van der Waals surface area contributed by atoms with E-state index in [1.165, 1.54) is 44.1 Å². The second-order valence-electron chi connectivity index (χ2n) is 6.01. The number of carbonyl (C=O) groups is 1. The quantitative estimate of drug-likeness (QED) is 0.758. The molecule has 0 aromatic carbocycles. The number of thiazole rings is 1. The zero-order valence-electron chi connectivity index (χ0n) is 14.0. The zero-order valence-corrected chi connectivity index (χ0v) is 16.5. The Morgan fingerprint density at radius 2 is 2.08 bits per heavy atom. The lowest BCUT2D eigenvalue weighted by molar-refractivity contribution is 0.0953. The summed E-state index contributed by atoms with van der Waals surface area (Å²) in [7, 11) is 0. The van der Waals surface area contributed by atoms with Gasteiger partial charge in [-0.15, -0.1) is 36.2 Å². The van der Waals surface area contributed by atoms with Gasteiger partial charge in [-0.1, -0.05) is 19.3 Å². The Hall–Kier alpha value is -1.08. The summed E-state index contributed by atoms with van der Waals surface area (Å²) in [5.74, 6) is 1.13. The van der Waals surface area contributed by atoms with E-state index in [0.717, 1.165) is 11.4 Å². The summed E-state index contributed by atoms with van der Waals surface area (Å²) in [5, 5.41) is 6.19. The summed E-state index contributed by atoms with van der Waals surface area (Å²) in [6.45, 7) is 0.885. The number of halogens is 2. The minimum absolute atomic E-state index is 0. The van der Waals surface area contributed by atoms with Crippen LogP contribution in [0.5, 0.6) is 0 Å². The number of nitrogens with zero attached hydrogens (tertiary/aromatic N) is 1. The molecule has 8 heteroatoms. The van der Waals surface area contributed by atoms with Gasteiger partial charge in [-0.05, 0) is 18.9 Å². The highest BCUT2D eigenvalue weighted by molar-refractivity contribution is 7.09. The number of amides is 1. The SMILES string of the molecule is Cl.Cl.NCc1cc(C(=O)NCCc2nc(C3CCCCC3)cs2)co1. The lowest BCUT2D eigenvalue weighted by Gasteiger charge is -2.19. The van der Waals surface area contributed by atoms with Crippen molar-refractivity contribution in [2.75, 3.05) is 6.54 Å². The monoisotopic (exact) mass is 405 g/mol. The van der Waals surface area contributed by atoms with Crippen LogP contribution in [0.1, 0.15) is 64.8 Å². The molecule has 3 N–H and O–H groups in total. The van der Waals surface area contributed by atoms with Crippen LogP contribution in [0.25, 0.3) is 0 Å². The van der Waals surface area contributed by atoms with Crippen LogP contribution in [0.4, 0.5) is 0 Å². The first-order chi connectivity index (χ1) is 11.3. The number of nitrogens with one attached hydrogen (secondary N) is 1. The van der Waals surface area contributed by atoms with Crippen LogP contribution >= 0.6 is 36.2 Å². The molecule has 5 nitrogen and oxygen atoms in total. The Kier molecular flexibility index (Phi) is 9.50. The summed E-state index contributed by atoms with van der Waals surface area (Å²) in [6, 6.07) is 1.68. The average Bonchev–Trinajstić information content (AvgIpc) is 3.25. The van der Waals surface area contributed by atoms with Crippen molar-refractivity contribution in [3.05, 3.63) is 39.7 Å². The van der Waals surface area contributed by atoms with E-state index >= 15 is 0 Å². The predicted octanol–water partition coefficient (Wildman–Crippen LogP) is 4.06. The third-order valence-corrected chi connectivity index (χ3v) is 5.26. The topological polar surface area (TPSA) is 81.2 Å². The second-order valence-corrected chi connectivity index (χ2v) is 6.96. The molecule has 25 heavy (non-hydrogen) atoms. The minimum atomic E-state index is -0.127. The third kappa shape index (κ3) is 5.99. The molecule has 2 aromatic heterocycles. The van der Waals surface area contributed by atoms with Gasteiger partial charge in [-0.3, -0.25) is 4.79 Å². The molecule has 0 bridgehead atoms. The standard InChI is InChI=1S/C17H23N3O2S.2ClH/c18-9-14-8-13(10-22-14)17(21)19-7-6-16-20-15(11-23-16)12-4-2-1-3-5-12;;/h8,10-12H,1-7,9,18H2,(H,19,21);2*1H. The molecule has 0 radical (unpaired) electrons. The number of hydrogen-bond acceptors (Lipinski definition) is 5. The van der Waals surface area contributed by atoms with Crippen molar-refractivity contribution in [3.8, 4) is 0 Å². The minimum Gasteiger partial charge on any atom is -0.467 e. The van der Waals surface area contributed by atoms with E-state index in [4.69, 9.17) is 15.1 Å². The highest BCUT2D eigenvalue weighted by Gasteiger charge is 2.18. The maximum atomic E-state index is 12.0. The van der Waals surface area contributed by atoms with Crippen LogP contribution in [0.15, 0.2) is 22.1 Å². The number of nitrogens with two attached hydrogens (primary N) is 1. The van der Waals surface area contributed by atoms with E-state index in [1.54, 1.807) is 17.4 Å². The number of rotatable bonds is 6. The van der Waals surface area contributed by atoms with Crippen LogP contribution in [0.2, 0.25) is 0 Å². The van der Waals surface area contributed by atoms with Gasteiger partial charge in [-0.2, -0.15) is 0 Å². The largest absolute Gasteiger partial charge is 0.467 e. The Bertz CT molecular complexity index is 654. The maximum absolute atomic E-state index is 12.0. The van der Waals surface area contributed by atoms with E-state index in [1.807, 2.05) is 0 Å². The second kappa shape index (κ2) is 10.8. The van der Waals surface area contributed by atoms with Crippen LogP contribution in [-0.2, 0) is 13.0 Å². The molecule has 0 aliphatic heterocycles. The van der Waals surface area contributed by atoms with Gasteiger partial charge < -0.3 is 15.5 Å². The van der Waals surface area contributed by atoms with Crippen molar-refractivity contribution in [1.82, 2.24) is 10.3 Å². The molecule has 2 heterocycles. The van der Waals surface area contributed by atoms with Gasteiger partial charge in [0.2, 0.25) is 0 Å². The van der Waals surface area contributed by atoms with Gasteiger partial charge in [0.1, 0.15) is 12.0 Å². The first kappa shape index (κ1) is 22.0. The van der Waals surface area contributed by atoms with Crippen molar-refractivity contribution in [2.45, 2.75) is 51.0 Å². The summed E-state index contributed by atoms with van der Waals surface area (Å²) >= 11 is 1.70. The molecule has 0 spiro atoms. The predicted molar refractivity (Wildman–Crippen MR) is 105 cm³/mol. The van der Waals surface area contributed by atoms with Crippen LogP contribution in [0.3, 0.4) is 0 Å². The maximum Gasteiger partial charge on any atom is 0.254 e. The Labute approximate surface area is 164 Å². The fourth-order valence-corrected chi connectivity index (χ4v) is 3.90. The Morgan fingerprint density at radius 3 is 2.76 bits per heavy atom. The first-order valence-electron chi connectivity index (χ1n) is 8.26. The first-order valence-corrected chi connectivity index (χ1v) is 9.14. The molecule has 140 valence electrons. The molecule has 1 amide bonds. The average molecular weight is 406 g/mol. The lowest BCUT2D eigenvalue weighted by Crippen LogP contribution is -2.25. The Morgan fingerprint density at radius 1 is 1.32 bits per heavy atom. The van der Waals surface area contributed by atoms with Gasteiger partial charge in [0.05, 0.1) is 22.8 Å². The van der Waals surface area contributed by atoms with Crippen molar-refractivity contribution in [3.63, 3.8) is 0 Å². The molecule has 3 rings (SSSR count). The van der Waals surface area contributed by atoms with Crippen molar-refractivity contribution in [2.24, 2.45) is 5.73 Å². The summed E-state index contributed by atoms with van der Waals surface area (Å²) < 4.78 is 5.17. The fourth-order valence-electron chi connectivity index (χ4n) is 3.02. The number of aromatic nitrogens is 1. The molecule has 0 atom stereocenters. The highest BCUT2D eigenvalue weighted by atomic mass is 35.5. The van der Waals surface area contributed by atoms with E-state index in [0.29, 0.717) is 30.3 Å². The number of hydrogen-bond donors (Lipinski definition) is 2. The molecule has 1 aliphatic rings. The van der Waals surface area contributed by atoms with E-state index in [-0.39, 0.29) is 30.7 Å². The lowest BCUT2D eigenvalue weighted by atomic mass is 9.87. The normalized spacial score (nSPS) is 14.4. The summed E-state index contributed by atoms with van der Waals surface area (Å²) in [6.07, 6.45) is 8.76. The molecule has 1 fully saturated rings. The number of furan rings is 1. The van der Waals surface area contributed by atoms with Gasteiger partial charge >= 0.3 is 0 Å². The number of carbonyl (C=O) groups excluding carboxylic acids is 1. The molecule has 0 unspecified atom stereocenters. The van der Waals surface area contributed by atoms with Crippen LogP contribution in [0, 0.1) is 0 Å². The van der Waals surface area contributed by atoms with E-state index < -0.39 is 0 Å². The molecule has 0 saturated heterocycles. The van der Waals surface area contributed by atoms with Gasteiger partial charge in [0.25, 0.3) is 5.91 Å². The fraction of sp³-hybridized carbons (Fsp3) is 0.529. The van der Waals surface area contributed by atoms with E-state index in [9.17, 15) is 4.79 Å². The van der Waals surface area contributed by atoms with Crippen LogP contribution in [-0.4, -0.2) is 17.4 Å². The molecule has 1 aliphatic carbocycles. The smallest absolute Gasteiger partial charge is 0.254 e. The molecule has 1 saturated carbocycles. The zero-order chi connectivity index (χ0) is 16.1. The van der Waals surface area contributed by atoms with Crippen LogP contribution < -0.4 is 11.1 Å². The van der Waals surface area contributed by atoms with Crippen molar-refractivity contribution < 1.29 is 9.21 Å². The van der Waals surface area contributed by atoms with Crippen molar-refractivity contribution >= 4 is 42.1 Å². The molecular weight excluding hydrogens is 381 g/mol.